The lowest BCUT2D eigenvalue weighted by Crippen LogP contribution is -2.00. The van der Waals surface area contributed by atoms with E-state index in [0.29, 0.717) is 6.42 Å². The van der Waals surface area contributed by atoms with Gasteiger partial charge in [0.15, 0.2) is 17.3 Å². The van der Waals surface area contributed by atoms with Gasteiger partial charge in [-0.3, -0.25) is 4.79 Å². The predicted molar refractivity (Wildman–Crippen MR) is 58.4 cm³/mol. The molecule has 3 nitrogen and oxygen atoms in total. The zero-order valence-corrected chi connectivity index (χ0v) is 9.08. The summed E-state index contributed by atoms with van der Waals surface area (Å²) in [7, 11) is 0. The number of phenolic OH excluding ortho intramolecular Hbond substituents is 2. The van der Waals surface area contributed by atoms with Gasteiger partial charge in [-0.15, -0.1) is 0 Å². The van der Waals surface area contributed by atoms with Gasteiger partial charge in [0, 0.05) is 6.42 Å². The number of phenols is 2. The van der Waals surface area contributed by atoms with Gasteiger partial charge in [0.25, 0.3) is 0 Å². The second kappa shape index (κ2) is 4.82. The number of benzene rings is 1. The molecule has 0 aliphatic heterocycles. The smallest absolute Gasteiger partial charge is 0.168 e. The second-order valence-electron chi connectivity index (χ2n) is 3.71. The zero-order chi connectivity index (χ0) is 11.4. The van der Waals surface area contributed by atoms with Crippen molar-refractivity contribution >= 4 is 5.78 Å². The van der Waals surface area contributed by atoms with Crippen molar-refractivity contribution in [3.8, 4) is 11.5 Å². The van der Waals surface area contributed by atoms with Gasteiger partial charge >= 0.3 is 0 Å². The fourth-order valence-electron chi connectivity index (χ4n) is 1.44. The molecule has 0 saturated carbocycles. The van der Waals surface area contributed by atoms with Crippen LogP contribution in [0, 0.1) is 6.92 Å². The summed E-state index contributed by atoms with van der Waals surface area (Å²) in [6.45, 7) is 3.77. The highest BCUT2D eigenvalue weighted by atomic mass is 16.3. The molecule has 1 aromatic rings. The minimum Gasteiger partial charge on any atom is -0.504 e. The molecule has 3 heteroatoms. The fourth-order valence-corrected chi connectivity index (χ4v) is 1.44. The third-order valence-electron chi connectivity index (χ3n) is 2.29. The summed E-state index contributed by atoms with van der Waals surface area (Å²) in [4.78, 5) is 11.7. The van der Waals surface area contributed by atoms with Gasteiger partial charge in [0.1, 0.15) is 0 Å². The number of aromatic hydroxyl groups is 2. The molecule has 0 radical (unpaired) electrons. The van der Waals surface area contributed by atoms with Crippen LogP contribution in [0.25, 0.3) is 0 Å². The molecular formula is C12H16O3. The minimum atomic E-state index is -0.304. The van der Waals surface area contributed by atoms with Crippen LogP contribution in [0.5, 0.6) is 11.5 Å². The number of hydrogen-bond donors (Lipinski definition) is 2. The SMILES string of the molecule is CCCCC(=O)c1cc(C)cc(O)c1O. The van der Waals surface area contributed by atoms with Crippen molar-refractivity contribution in [1.29, 1.82) is 0 Å². The summed E-state index contributed by atoms with van der Waals surface area (Å²) in [6.07, 6.45) is 2.14. The zero-order valence-electron chi connectivity index (χ0n) is 9.08. The van der Waals surface area contributed by atoms with E-state index in [-0.39, 0.29) is 22.8 Å². The third kappa shape index (κ3) is 2.72. The average Bonchev–Trinajstić information content (AvgIpc) is 2.19. The van der Waals surface area contributed by atoms with Gasteiger partial charge < -0.3 is 10.2 Å². The number of aryl methyl sites for hydroxylation is 1. The first-order valence-electron chi connectivity index (χ1n) is 5.12. The molecule has 82 valence electrons. The summed E-state index contributed by atoms with van der Waals surface area (Å²) >= 11 is 0. The summed E-state index contributed by atoms with van der Waals surface area (Å²) in [5, 5.41) is 18.9. The minimum absolute atomic E-state index is 0.117. The maximum absolute atomic E-state index is 11.7. The number of Topliss-reactive ketones (excluding diaryl/α,β-unsaturated/α-hetero) is 1. The molecule has 0 spiro atoms. The van der Waals surface area contributed by atoms with Crippen molar-refractivity contribution in [2.45, 2.75) is 33.1 Å². The summed E-state index contributed by atoms with van der Waals surface area (Å²) in [6, 6.07) is 3.04. The van der Waals surface area contributed by atoms with Crippen LogP contribution >= 0.6 is 0 Å². The van der Waals surface area contributed by atoms with Crippen molar-refractivity contribution < 1.29 is 15.0 Å². The summed E-state index contributed by atoms with van der Waals surface area (Å²) < 4.78 is 0. The van der Waals surface area contributed by atoms with E-state index in [0.717, 1.165) is 18.4 Å². The van der Waals surface area contributed by atoms with Crippen LogP contribution in [-0.4, -0.2) is 16.0 Å². The maximum atomic E-state index is 11.7. The Morgan fingerprint density at radius 2 is 2.00 bits per heavy atom. The maximum Gasteiger partial charge on any atom is 0.168 e. The molecule has 0 bridgehead atoms. The fraction of sp³-hybridized carbons (Fsp3) is 0.417. The van der Waals surface area contributed by atoms with Gasteiger partial charge in [-0.1, -0.05) is 13.3 Å². The highest BCUT2D eigenvalue weighted by molar-refractivity contribution is 5.99. The van der Waals surface area contributed by atoms with Crippen LogP contribution in [0.4, 0.5) is 0 Å². The topological polar surface area (TPSA) is 57.5 Å². The van der Waals surface area contributed by atoms with E-state index in [1.54, 1.807) is 13.0 Å². The van der Waals surface area contributed by atoms with Gasteiger partial charge in [-0.05, 0) is 31.0 Å². The predicted octanol–water partition coefficient (Wildman–Crippen LogP) is 2.78. The van der Waals surface area contributed by atoms with Crippen molar-refractivity contribution in [1.82, 2.24) is 0 Å². The summed E-state index contributed by atoms with van der Waals surface area (Å²) in [5.74, 6) is -0.648. The van der Waals surface area contributed by atoms with Gasteiger partial charge in [0.2, 0.25) is 0 Å². The van der Waals surface area contributed by atoms with Crippen molar-refractivity contribution in [2.24, 2.45) is 0 Å². The first-order chi connectivity index (χ1) is 7.06. The largest absolute Gasteiger partial charge is 0.504 e. The molecule has 1 aromatic carbocycles. The van der Waals surface area contributed by atoms with Crippen LogP contribution in [0.1, 0.15) is 42.1 Å². The van der Waals surface area contributed by atoms with E-state index in [4.69, 9.17) is 0 Å². The molecule has 0 aliphatic carbocycles. The standard InChI is InChI=1S/C12H16O3/c1-3-4-5-10(13)9-6-8(2)7-11(14)12(9)15/h6-7,14-15H,3-5H2,1-2H3. The van der Waals surface area contributed by atoms with Crippen LogP contribution in [0.3, 0.4) is 0 Å². The lowest BCUT2D eigenvalue weighted by atomic mass is 10.0. The van der Waals surface area contributed by atoms with E-state index in [9.17, 15) is 15.0 Å². The normalized spacial score (nSPS) is 10.3. The monoisotopic (exact) mass is 208 g/mol. The summed E-state index contributed by atoms with van der Waals surface area (Å²) in [5.41, 5.74) is 0.992. The number of ketones is 1. The van der Waals surface area contributed by atoms with Crippen LogP contribution < -0.4 is 0 Å². The Morgan fingerprint density at radius 1 is 1.33 bits per heavy atom. The van der Waals surface area contributed by atoms with Crippen LogP contribution in [0.15, 0.2) is 12.1 Å². The van der Waals surface area contributed by atoms with E-state index >= 15 is 0 Å². The Morgan fingerprint density at radius 3 is 2.60 bits per heavy atom. The molecule has 0 amide bonds. The average molecular weight is 208 g/mol. The first-order valence-corrected chi connectivity index (χ1v) is 5.12. The van der Waals surface area contributed by atoms with Crippen LogP contribution in [0.2, 0.25) is 0 Å². The van der Waals surface area contributed by atoms with E-state index in [2.05, 4.69) is 0 Å². The van der Waals surface area contributed by atoms with Crippen molar-refractivity contribution in [3.05, 3.63) is 23.3 Å². The molecule has 0 aliphatic rings. The van der Waals surface area contributed by atoms with Crippen LogP contribution in [-0.2, 0) is 0 Å². The van der Waals surface area contributed by atoms with Crippen molar-refractivity contribution in [2.75, 3.05) is 0 Å². The third-order valence-corrected chi connectivity index (χ3v) is 2.29. The Kier molecular flexibility index (Phi) is 3.72. The highest BCUT2D eigenvalue weighted by Gasteiger charge is 2.14. The quantitative estimate of drug-likeness (QED) is 0.591. The van der Waals surface area contributed by atoms with E-state index in [1.807, 2.05) is 6.92 Å². The van der Waals surface area contributed by atoms with Gasteiger partial charge in [-0.25, -0.2) is 0 Å². The first kappa shape index (κ1) is 11.6. The molecule has 0 atom stereocenters. The molecule has 15 heavy (non-hydrogen) atoms. The lowest BCUT2D eigenvalue weighted by Gasteiger charge is -2.06. The van der Waals surface area contributed by atoms with E-state index < -0.39 is 0 Å². The Bertz CT molecular complexity index is 369. The van der Waals surface area contributed by atoms with E-state index in [1.165, 1.54) is 6.07 Å². The number of rotatable bonds is 4. The number of hydrogen-bond acceptors (Lipinski definition) is 3. The lowest BCUT2D eigenvalue weighted by molar-refractivity contribution is 0.0976. The molecule has 0 fully saturated rings. The highest BCUT2D eigenvalue weighted by Crippen LogP contribution is 2.31. The van der Waals surface area contributed by atoms with Gasteiger partial charge in [-0.2, -0.15) is 0 Å². The molecule has 0 unspecified atom stereocenters. The van der Waals surface area contributed by atoms with Gasteiger partial charge in [0.05, 0.1) is 5.56 Å². The molecule has 2 N–H and O–H groups in total. The Balaban J connectivity index is 2.98. The molecule has 0 heterocycles. The molecule has 0 saturated heterocycles. The molecule has 1 rings (SSSR count). The van der Waals surface area contributed by atoms with Crippen molar-refractivity contribution in [3.63, 3.8) is 0 Å². The molecular weight excluding hydrogens is 192 g/mol. The second-order valence-corrected chi connectivity index (χ2v) is 3.71. The number of carbonyl (C=O) groups excluding carboxylic acids is 1. The Labute approximate surface area is 89.4 Å². The Hall–Kier alpha value is -1.51. The number of carbonyl (C=O) groups is 1. The number of unbranched alkanes of at least 4 members (excludes halogenated alkanes) is 1. The molecule has 0 aromatic heterocycles.